The molecule has 1 amide bonds. The van der Waals surface area contributed by atoms with E-state index in [1.807, 2.05) is 17.0 Å². The molecule has 1 aliphatic rings. The SMILES string of the molecule is CCCN(C(=O)Cc1ccccc1O)C1CCC(N)CC1. The van der Waals surface area contributed by atoms with Gasteiger partial charge in [0.15, 0.2) is 0 Å². The lowest BCUT2D eigenvalue weighted by Crippen LogP contribution is -2.45. The number of amides is 1. The summed E-state index contributed by atoms with van der Waals surface area (Å²) in [6, 6.07) is 7.67. The van der Waals surface area contributed by atoms with Gasteiger partial charge < -0.3 is 15.7 Å². The predicted octanol–water partition coefficient (Wildman–Crippen LogP) is 2.44. The molecule has 0 spiro atoms. The molecular formula is C17H26N2O2. The number of nitrogens with zero attached hydrogens (tertiary/aromatic N) is 1. The summed E-state index contributed by atoms with van der Waals surface area (Å²) >= 11 is 0. The van der Waals surface area contributed by atoms with Gasteiger partial charge in [0.2, 0.25) is 5.91 Å². The Morgan fingerprint density at radius 2 is 1.95 bits per heavy atom. The molecule has 0 aromatic heterocycles. The lowest BCUT2D eigenvalue weighted by Gasteiger charge is -2.36. The Labute approximate surface area is 126 Å². The Morgan fingerprint density at radius 1 is 1.29 bits per heavy atom. The Bertz CT molecular complexity index is 468. The molecule has 3 N–H and O–H groups in total. The van der Waals surface area contributed by atoms with E-state index in [1.165, 1.54) is 0 Å². The number of benzene rings is 1. The largest absolute Gasteiger partial charge is 0.508 e. The van der Waals surface area contributed by atoms with Crippen LogP contribution in [0.25, 0.3) is 0 Å². The molecule has 0 unspecified atom stereocenters. The van der Waals surface area contributed by atoms with Crippen LogP contribution < -0.4 is 5.73 Å². The fraction of sp³-hybridized carbons (Fsp3) is 0.588. The summed E-state index contributed by atoms with van der Waals surface area (Å²) in [5.41, 5.74) is 6.66. The zero-order chi connectivity index (χ0) is 15.2. The van der Waals surface area contributed by atoms with Gasteiger partial charge in [0.05, 0.1) is 6.42 Å². The highest BCUT2D eigenvalue weighted by Crippen LogP contribution is 2.24. The number of para-hydroxylation sites is 1. The van der Waals surface area contributed by atoms with E-state index in [-0.39, 0.29) is 24.1 Å². The minimum Gasteiger partial charge on any atom is -0.508 e. The second-order valence-corrected chi connectivity index (χ2v) is 5.96. The van der Waals surface area contributed by atoms with Crippen molar-refractivity contribution >= 4 is 5.91 Å². The van der Waals surface area contributed by atoms with Crippen molar-refractivity contribution in [2.45, 2.75) is 57.5 Å². The first kappa shape index (κ1) is 15.8. The normalized spacial score (nSPS) is 22.0. The Morgan fingerprint density at radius 3 is 2.57 bits per heavy atom. The van der Waals surface area contributed by atoms with Gasteiger partial charge in [-0.1, -0.05) is 25.1 Å². The maximum absolute atomic E-state index is 12.6. The molecule has 1 aliphatic carbocycles. The molecule has 1 fully saturated rings. The van der Waals surface area contributed by atoms with Crippen LogP contribution in [0.4, 0.5) is 0 Å². The van der Waals surface area contributed by atoms with Gasteiger partial charge in [0.25, 0.3) is 0 Å². The summed E-state index contributed by atoms with van der Waals surface area (Å²) in [5, 5.41) is 9.83. The minimum atomic E-state index is 0.110. The second kappa shape index (κ2) is 7.46. The average molecular weight is 290 g/mol. The van der Waals surface area contributed by atoms with Crippen LogP contribution in [0.3, 0.4) is 0 Å². The van der Waals surface area contributed by atoms with Crippen molar-refractivity contribution < 1.29 is 9.90 Å². The van der Waals surface area contributed by atoms with Gasteiger partial charge in [0, 0.05) is 24.2 Å². The maximum Gasteiger partial charge on any atom is 0.227 e. The average Bonchev–Trinajstić information content (AvgIpc) is 2.48. The Hall–Kier alpha value is -1.55. The van der Waals surface area contributed by atoms with Crippen molar-refractivity contribution in [3.8, 4) is 5.75 Å². The third-order valence-corrected chi connectivity index (χ3v) is 4.30. The fourth-order valence-corrected chi connectivity index (χ4v) is 3.09. The molecule has 0 aliphatic heterocycles. The van der Waals surface area contributed by atoms with Crippen LogP contribution in [0.2, 0.25) is 0 Å². The summed E-state index contributed by atoms with van der Waals surface area (Å²) in [7, 11) is 0. The van der Waals surface area contributed by atoms with Gasteiger partial charge in [-0.05, 0) is 38.2 Å². The zero-order valence-corrected chi connectivity index (χ0v) is 12.8. The number of hydrogen-bond acceptors (Lipinski definition) is 3. The van der Waals surface area contributed by atoms with Crippen LogP contribution in [-0.4, -0.2) is 34.5 Å². The van der Waals surface area contributed by atoms with Crippen molar-refractivity contribution in [3.05, 3.63) is 29.8 Å². The summed E-state index contributed by atoms with van der Waals surface area (Å²) in [4.78, 5) is 14.6. The molecule has 21 heavy (non-hydrogen) atoms. The molecule has 4 nitrogen and oxygen atoms in total. The van der Waals surface area contributed by atoms with Gasteiger partial charge in [0.1, 0.15) is 5.75 Å². The summed E-state index contributed by atoms with van der Waals surface area (Å²) in [6.45, 7) is 2.88. The molecule has 0 saturated heterocycles. The molecule has 1 aromatic rings. The van der Waals surface area contributed by atoms with E-state index in [2.05, 4.69) is 6.92 Å². The minimum absolute atomic E-state index is 0.110. The zero-order valence-electron chi connectivity index (χ0n) is 12.8. The topological polar surface area (TPSA) is 66.6 Å². The fourth-order valence-electron chi connectivity index (χ4n) is 3.09. The van der Waals surface area contributed by atoms with Gasteiger partial charge >= 0.3 is 0 Å². The highest BCUT2D eigenvalue weighted by Gasteiger charge is 2.27. The van der Waals surface area contributed by atoms with Crippen molar-refractivity contribution in [1.82, 2.24) is 4.90 Å². The lowest BCUT2D eigenvalue weighted by atomic mass is 9.90. The number of phenols is 1. The van der Waals surface area contributed by atoms with Crippen LogP contribution >= 0.6 is 0 Å². The van der Waals surface area contributed by atoms with E-state index in [9.17, 15) is 9.90 Å². The number of phenolic OH excluding ortho intramolecular Hbond substituents is 1. The molecule has 1 aromatic carbocycles. The molecule has 0 atom stereocenters. The van der Waals surface area contributed by atoms with Crippen LogP contribution in [0.15, 0.2) is 24.3 Å². The maximum atomic E-state index is 12.6. The van der Waals surface area contributed by atoms with E-state index in [4.69, 9.17) is 5.73 Å². The molecular weight excluding hydrogens is 264 g/mol. The highest BCUT2D eigenvalue weighted by molar-refractivity contribution is 5.79. The van der Waals surface area contributed by atoms with Crippen molar-refractivity contribution in [1.29, 1.82) is 0 Å². The van der Waals surface area contributed by atoms with Gasteiger partial charge in [-0.15, -0.1) is 0 Å². The third-order valence-electron chi connectivity index (χ3n) is 4.30. The van der Waals surface area contributed by atoms with Gasteiger partial charge in [-0.3, -0.25) is 4.79 Å². The first-order chi connectivity index (χ1) is 10.1. The predicted molar refractivity (Wildman–Crippen MR) is 84.0 cm³/mol. The van der Waals surface area contributed by atoms with Crippen LogP contribution in [0.1, 0.15) is 44.6 Å². The molecule has 116 valence electrons. The quantitative estimate of drug-likeness (QED) is 0.875. The van der Waals surface area contributed by atoms with Crippen LogP contribution in [0, 0.1) is 0 Å². The second-order valence-electron chi connectivity index (χ2n) is 5.96. The monoisotopic (exact) mass is 290 g/mol. The summed E-state index contributed by atoms with van der Waals surface area (Å²) < 4.78 is 0. The van der Waals surface area contributed by atoms with Crippen molar-refractivity contribution in [2.24, 2.45) is 5.73 Å². The molecule has 1 saturated carbocycles. The molecule has 0 bridgehead atoms. The van der Waals surface area contributed by atoms with E-state index < -0.39 is 0 Å². The highest BCUT2D eigenvalue weighted by atomic mass is 16.3. The smallest absolute Gasteiger partial charge is 0.227 e. The van der Waals surface area contributed by atoms with Crippen LogP contribution in [0.5, 0.6) is 5.75 Å². The number of hydrogen-bond donors (Lipinski definition) is 2. The Balaban J connectivity index is 2.03. The molecule has 0 radical (unpaired) electrons. The van der Waals surface area contributed by atoms with E-state index >= 15 is 0 Å². The van der Waals surface area contributed by atoms with Gasteiger partial charge in [-0.2, -0.15) is 0 Å². The summed E-state index contributed by atoms with van der Waals surface area (Å²) in [5.74, 6) is 0.312. The molecule has 2 rings (SSSR count). The number of aromatic hydroxyl groups is 1. The molecule has 0 heterocycles. The number of nitrogens with two attached hydrogens (primary N) is 1. The number of carbonyl (C=O) groups is 1. The van der Waals surface area contributed by atoms with Gasteiger partial charge in [-0.25, -0.2) is 0 Å². The van der Waals surface area contributed by atoms with Crippen molar-refractivity contribution in [2.75, 3.05) is 6.54 Å². The Kier molecular flexibility index (Phi) is 5.62. The van der Waals surface area contributed by atoms with Crippen molar-refractivity contribution in [3.63, 3.8) is 0 Å². The number of carbonyl (C=O) groups excluding carboxylic acids is 1. The van der Waals surface area contributed by atoms with E-state index in [0.717, 1.165) is 38.6 Å². The third kappa shape index (κ3) is 4.21. The first-order valence-electron chi connectivity index (χ1n) is 7.93. The van der Waals surface area contributed by atoms with E-state index in [0.29, 0.717) is 11.6 Å². The number of rotatable bonds is 5. The summed E-state index contributed by atoms with van der Waals surface area (Å²) in [6.07, 6.45) is 5.20. The standard InChI is InChI=1S/C17H26N2O2/c1-2-11-19(15-9-7-14(18)8-10-15)17(21)12-13-5-3-4-6-16(13)20/h3-6,14-15,20H,2,7-12,18H2,1H3. The lowest BCUT2D eigenvalue weighted by molar-refractivity contribution is -0.133. The molecule has 4 heteroatoms. The first-order valence-corrected chi connectivity index (χ1v) is 7.93. The van der Waals surface area contributed by atoms with Crippen LogP contribution in [-0.2, 0) is 11.2 Å². The van der Waals surface area contributed by atoms with E-state index in [1.54, 1.807) is 12.1 Å².